The van der Waals surface area contributed by atoms with Gasteiger partial charge in [-0.2, -0.15) is 0 Å². The quantitative estimate of drug-likeness (QED) is 0.765. The van der Waals surface area contributed by atoms with E-state index in [9.17, 15) is 13.2 Å². The summed E-state index contributed by atoms with van der Waals surface area (Å²) in [7, 11) is -3.20. The zero-order valence-corrected chi connectivity index (χ0v) is 15.4. The highest BCUT2D eigenvalue weighted by molar-refractivity contribution is 8.00. The van der Waals surface area contributed by atoms with Crippen LogP contribution in [-0.2, 0) is 14.6 Å². The van der Waals surface area contributed by atoms with E-state index in [0.717, 1.165) is 16.9 Å². The van der Waals surface area contributed by atoms with Gasteiger partial charge in [0.15, 0.2) is 9.84 Å². The van der Waals surface area contributed by atoms with E-state index >= 15 is 0 Å². The van der Waals surface area contributed by atoms with Crippen LogP contribution in [-0.4, -0.2) is 26.3 Å². The molecule has 6 heteroatoms. The van der Waals surface area contributed by atoms with Crippen LogP contribution in [0.1, 0.15) is 24.9 Å². The molecular formula is C18H21NO3S2. The zero-order chi connectivity index (χ0) is 17.6. The van der Waals surface area contributed by atoms with E-state index in [0.29, 0.717) is 5.75 Å². The molecule has 128 valence electrons. The largest absolute Gasteiger partial charge is 0.349 e. The summed E-state index contributed by atoms with van der Waals surface area (Å²) in [5.41, 5.74) is 0.906. The standard InChI is InChI=1S/C18H21NO3S2/c1-3-17(14-9-11-16(12-10-14)24(2,21)22)19-18(20)13-23-15-7-5-4-6-8-15/h4-12,17H,3,13H2,1-2H3,(H,19,20)/t17-/m1/s1. The van der Waals surface area contributed by atoms with E-state index in [1.807, 2.05) is 37.3 Å². The van der Waals surface area contributed by atoms with Crippen molar-refractivity contribution in [3.8, 4) is 0 Å². The molecular weight excluding hydrogens is 342 g/mol. The first-order valence-corrected chi connectivity index (χ1v) is 10.5. The third-order valence-electron chi connectivity index (χ3n) is 3.57. The van der Waals surface area contributed by atoms with Gasteiger partial charge in [-0.1, -0.05) is 37.3 Å². The molecule has 0 aliphatic heterocycles. The van der Waals surface area contributed by atoms with Gasteiger partial charge in [0, 0.05) is 11.2 Å². The molecule has 4 nitrogen and oxygen atoms in total. The summed E-state index contributed by atoms with van der Waals surface area (Å²) in [6.07, 6.45) is 1.92. The van der Waals surface area contributed by atoms with Crippen LogP contribution in [0.3, 0.4) is 0 Å². The van der Waals surface area contributed by atoms with Crippen molar-refractivity contribution in [2.45, 2.75) is 29.2 Å². The van der Waals surface area contributed by atoms with Gasteiger partial charge >= 0.3 is 0 Å². The van der Waals surface area contributed by atoms with Crippen LogP contribution in [0.4, 0.5) is 0 Å². The highest BCUT2D eigenvalue weighted by atomic mass is 32.2. The van der Waals surface area contributed by atoms with E-state index in [1.165, 1.54) is 18.0 Å². The fourth-order valence-corrected chi connectivity index (χ4v) is 3.63. The van der Waals surface area contributed by atoms with Crippen LogP contribution in [0.15, 0.2) is 64.4 Å². The Balaban J connectivity index is 1.97. The molecule has 0 aromatic heterocycles. The Morgan fingerprint density at radius 1 is 1.08 bits per heavy atom. The van der Waals surface area contributed by atoms with Crippen molar-refractivity contribution >= 4 is 27.5 Å². The third kappa shape index (κ3) is 5.39. The molecule has 2 aromatic carbocycles. The fourth-order valence-electron chi connectivity index (χ4n) is 2.27. The summed E-state index contributed by atoms with van der Waals surface area (Å²) in [4.78, 5) is 13.5. The van der Waals surface area contributed by atoms with E-state index in [4.69, 9.17) is 0 Å². The number of benzene rings is 2. The molecule has 0 saturated heterocycles. The van der Waals surface area contributed by atoms with Crippen molar-refractivity contribution in [3.05, 3.63) is 60.2 Å². The molecule has 2 aromatic rings. The number of thioether (sulfide) groups is 1. The summed E-state index contributed by atoms with van der Waals surface area (Å²) in [5, 5.41) is 3.00. The number of amides is 1. The molecule has 0 spiro atoms. The van der Waals surface area contributed by atoms with Gasteiger partial charge in [0.2, 0.25) is 5.91 Å². The van der Waals surface area contributed by atoms with Crippen molar-refractivity contribution in [3.63, 3.8) is 0 Å². The molecule has 0 fully saturated rings. The summed E-state index contributed by atoms with van der Waals surface area (Å²) in [6, 6.07) is 16.3. The first-order valence-electron chi connectivity index (χ1n) is 7.67. The SMILES string of the molecule is CC[C@@H](NC(=O)CSc1ccccc1)c1ccc(S(C)(=O)=O)cc1. The minimum Gasteiger partial charge on any atom is -0.349 e. The van der Waals surface area contributed by atoms with Gasteiger partial charge in [0.25, 0.3) is 0 Å². The van der Waals surface area contributed by atoms with E-state index in [-0.39, 0.29) is 16.8 Å². The van der Waals surface area contributed by atoms with Crippen LogP contribution in [0.25, 0.3) is 0 Å². The van der Waals surface area contributed by atoms with Crippen LogP contribution < -0.4 is 5.32 Å². The van der Waals surface area contributed by atoms with Gasteiger partial charge in [-0.3, -0.25) is 4.79 Å². The Morgan fingerprint density at radius 3 is 2.25 bits per heavy atom. The summed E-state index contributed by atoms with van der Waals surface area (Å²) < 4.78 is 23.0. The lowest BCUT2D eigenvalue weighted by molar-refractivity contribution is -0.119. The molecule has 0 aliphatic rings. The lowest BCUT2D eigenvalue weighted by atomic mass is 10.0. The van der Waals surface area contributed by atoms with Gasteiger partial charge in [0.05, 0.1) is 16.7 Å². The Kier molecular flexibility index (Phi) is 6.45. The van der Waals surface area contributed by atoms with Gasteiger partial charge in [-0.25, -0.2) is 8.42 Å². The highest BCUT2D eigenvalue weighted by Gasteiger charge is 2.14. The summed E-state index contributed by atoms with van der Waals surface area (Å²) in [5.74, 6) is 0.310. The van der Waals surface area contributed by atoms with Crippen LogP contribution in [0, 0.1) is 0 Å². The van der Waals surface area contributed by atoms with Crippen LogP contribution >= 0.6 is 11.8 Å². The molecule has 24 heavy (non-hydrogen) atoms. The Hall–Kier alpha value is -1.79. The topological polar surface area (TPSA) is 63.2 Å². The van der Waals surface area contributed by atoms with E-state index in [2.05, 4.69) is 5.32 Å². The Bertz CT molecular complexity index is 772. The van der Waals surface area contributed by atoms with E-state index in [1.54, 1.807) is 24.3 Å². The van der Waals surface area contributed by atoms with Gasteiger partial charge in [-0.05, 0) is 36.2 Å². The zero-order valence-electron chi connectivity index (χ0n) is 13.7. The predicted molar refractivity (Wildman–Crippen MR) is 97.9 cm³/mol. The lowest BCUT2D eigenvalue weighted by Gasteiger charge is -2.17. The average molecular weight is 364 g/mol. The second-order valence-corrected chi connectivity index (χ2v) is 8.54. The number of hydrogen-bond donors (Lipinski definition) is 1. The number of rotatable bonds is 7. The molecule has 0 saturated carbocycles. The van der Waals surface area contributed by atoms with Crippen LogP contribution in [0.5, 0.6) is 0 Å². The minimum atomic E-state index is -3.20. The predicted octanol–water partition coefficient (Wildman–Crippen LogP) is 3.45. The monoisotopic (exact) mass is 363 g/mol. The molecule has 0 unspecified atom stereocenters. The van der Waals surface area contributed by atoms with Crippen molar-refractivity contribution < 1.29 is 13.2 Å². The molecule has 0 bridgehead atoms. The maximum atomic E-state index is 12.2. The first-order chi connectivity index (χ1) is 11.4. The molecule has 0 aliphatic carbocycles. The maximum Gasteiger partial charge on any atom is 0.230 e. The lowest BCUT2D eigenvalue weighted by Crippen LogP contribution is -2.29. The molecule has 1 N–H and O–H groups in total. The van der Waals surface area contributed by atoms with Crippen molar-refractivity contribution in [1.82, 2.24) is 5.32 Å². The van der Waals surface area contributed by atoms with Crippen molar-refractivity contribution in [1.29, 1.82) is 0 Å². The Labute approximate surface area is 147 Å². The summed E-state index contributed by atoms with van der Waals surface area (Å²) >= 11 is 1.49. The second-order valence-electron chi connectivity index (χ2n) is 5.47. The minimum absolute atomic E-state index is 0.0390. The molecule has 2 rings (SSSR count). The van der Waals surface area contributed by atoms with Crippen molar-refractivity contribution in [2.75, 3.05) is 12.0 Å². The normalized spacial score (nSPS) is 12.6. The fraction of sp³-hybridized carbons (Fsp3) is 0.278. The van der Waals surface area contributed by atoms with Gasteiger partial charge in [0.1, 0.15) is 0 Å². The Morgan fingerprint density at radius 2 is 1.71 bits per heavy atom. The number of carbonyl (C=O) groups is 1. The number of sulfone groups is 1. The molecule has 1 atom stereocenters. The average Bonchev–Trinajstić information content (AvgIpc) is 2.58. The van der Waals surface area contributed by atoms with Gasteiger partial charge in [-0.15, -0.1) is 11.8 Å². The van der Waals surface area contributed by atoms with E-state index < -0.39 is 9.84 Å². The summed E-state index contributed by atoms with van der Waals surface area (Å²) in [6.45, 7) is 1.99. The first kappa shape index (κ1) is 18.5. The smallest absolute Gasteiger partial charge is 0.230 e. The van der Waals surface area contributed by atoms with Crippen molar-refractivity contribution in [2.24, 2.45) is 0 Å². The second kappa shape index (κ2) is 8.35. The van der Waals surface area contributed by atoms with Crippen LogP contribution in [0.2, 0.25) is 0 Å². The molecule has 1 amide bonds. The number of nitrogens with one attached hydrogen (secondary N) is 1. The molecule has 0 radical (unpaired) electrons. The number of hydrogen-bond acceptors (Lipinski definition) is 4. The number of carbonyl (C=O) groups excluding carboxylic acids is 1. The maximum absolute atomic E-state index is 12.2. The highest BCUT2D eigenvalue weighted by Crippen LogP contribution is 2.21. The third-order valence-corrected chi connectivity index (χ3v) is 5.71. The van der Waals surface area contributed by atoms with Gasteiger partial charge < -0.3 is 5.32 Å². The molecule has 0 heterocycles.